The van der Waals surface area contributed by atoms with Crippen LogP contribution in [0.1, 0.15) is 33.1 Å². The molecule has 2 heterocycles. The van der Waals surface area contributed by atoms with Crippen LogP contribution in [0.4, 0.5) is 0 Å². The van der Waals surface area contributed by atoms with Gasteiger partial charge in [0.25, 0.3) is 0 Å². The van der Waals surface area contributed by atoms with Gasteiger partial charge < -0.3 is 54.0 Å². The molecule has 2 saturated carbocycles. The van der Waals surface area contributed by atoms with E-state index in [0.29, 0.717) is 12.8 Å². The topological polar surface area (TPSA) is 208 Å². The third kappa shape index (κ3) is 6.03. The number of methoxy groups -OCH3 is 2. The number of carbonyl (C=O) groups excluding carboxylic acids is 3. The van der Waals surface area contributed by atoms with E-state index in [1.807, 2.05) is 6.92 Å². The van der Waals surface area contributed by atoms with Gasteiger partial charge in [-0.2, -0.15) is 0 Å². The molecule has 238 valence electrons. The van der Waals surface area contributed by atoms with Crippen LogP contribution >= 0.6 is 0 Å². The van der Waals surface area contributed by atoms with E-state index in [-0.39, 0.29) is 17.9 Å². The Hall–Kier alpha value is -2.33. The fraction of sp³-hybridized carbons (Fsp3) is 0.821. The number of aliphatic hydroxyl groups excluding tert-OH is 5. The molecule has 42 heavy (non-hydrogen) atoms. The Bertz CT molecular complexity index is 1010. The van der Waals surface area contributed by atoms with Crippen LogP contribution in [0.15, 0.2) is 11.8 Å². The average molecular weight is 603 g/mol. The van der Waals surface area contributed by atoms with Gasteiger partial charge in [-0.1, -0.05) is 13.8 Å². The van der Waals surface area contributed by atoms with Crippen molar-refractivity contribution in [1.29, 1.82) is 0 Å². The van der Waals surface area contributed by atoms with Crippen molar-refractivity contribution in [2.45, 2.75) is 76.2 Å². The first kappa shape index (κ1) is 32.6. The number of hydrogen-bond donors (Lipinski definition) is 5. The van der Waals surface area contributed by atoms with Gasteiger partial charge in [0, 0.05) is 17.8 Å². The molecule has 0 aromatic carbocycles. The molecular formula is C28H42O14. The Morgan fingerprint density at radius 1 is 1.00 bits per heavy atom. The largest absolute Gasteiger partial charge is 0.472 e. The SMILES string of the molecule is COC(=O)C1=CO[C@@H](O[C@@H]2O[C@H](CO)[C@@H](O)[C@H](O)[C@H]2O)[C@@H]2[C@@H](C)[C@@H](OC(=O)C(CO)[C@H]3CC[C@H](C)[C@H]3C(=O)OC)C[C@H]12. The highest BCUT2D eigenvalue weighted by atomic mass is 16.8. The van der Waals surface area contributed by atoms with Crippen LogP contribution in [0.2, 0.25) is 0 Å². The molecule has 3 fully saturated rings. The summed E-state index contributed by atoms with van der Waals surface area (Å²) in [5, 5.41) is 50.5. The third-order valence-electron chi connectivity index (χ3n) is 9.51. The molecule has 0 aromatic rings. The molecule has 0 bridgehead atoms. The summed E-state index contributed by atoms with van der Waals surface area (Å²) < 4.78 is 32.9. The lowest BCUT2D eigenvalue weighted by molar-refractivity contribution is -0.342. The molecule has 14 nitrogen and oxygen atoms in total. The first-order valence-corrected chi connectivity index (χ1v) is 14.3. The zero-order valence-corrected chi connectivity index (χ0v) is 24.1. The van der Waals surface area contributed by atoms with Crippen molar-refractivity contribution in [1.82, 2.24) is 0 Å². The number of fused-ring (bicyclic) bond motifs is 1. The van der Waals surface area contributed by atoms with Gasteiger partial charge in [-0.25, -0.2) is 4.79 Å². The van der Waals surface area contributed by atoms with Gasteiger partial charge in [-0.15, -0.1) is 0 Å². The van der Waals surface area contributed by atoms with E-state index < -0.39 is 110 Å². The molecule has 14 heteroatoms. The zero-order chi connectivity index (χ0) is 30.9. The zero-order valence-electron chi connectivity index (χ0n) is 24.1. The molecule has 1 saturated heterocycles. The summed E-state index contributed by atoms with van der Waals surface area (Å²) in [7, 11) is 2.51. The number of ether oxygens (including phenoxy) is 6. The van der Waals surface area contributed by atoms with E-state index in [2.05, 4.69) is 0 Å². The van der Waals surface area contributed by atoms with E-state index in [9.17, 15) is 39.9 Å². The molecule has 4 aliphatic rings. The molecule has 2 aliphatic carbocycles. The van der Waals surface area contributed by atoms with Crippen molar-refractivity contribution in [2.24, 2.45) is 41.4 Å². The Morgan fingerprint density at radius 2 is 1.71 bits per heavy atom. The fourth-order valence-electron chi connectivity index (χ4n) is 7.09. The van der Waals surface area contributed by atoms with Gasteiger partial charge >= 0.3 is 17.9 Å². The Balaban J connectivity index is 1.53. The highest BCUT2D eigenvalue weighted by Gasteiger charge is 2.55. The first-order chi connectivity index (χ1) is 20.0. The summed E-state index contributed by atoms with van der Waals surface area (Å²) in [5.41, 5.74) is 0.190. The van der Waals surface area contributed by atoms with E-state index in [1.54, 1.807) is 6.92 Å². The summed E-state index contributed by atoms with van der Waals surface area (Å²) in [6.45, 7) is 2.52. The minimum absolute atomic E-state index is 0.0252. The molecule has 0 aromatic heterocycles. The predicted molar refractivity (Wildman–Crippen MR) is 138 cm³/mol. The summed E-state index contributed by atoms with van der Waals surface area (Å²) in [4.78, 5) is 38.5. The molecule has 2 aliphatic heterocycles. The maximum absolute atomic E-state index is 13.4. The van der Waals surface area contributed by atoms with Crippen molar-refractivity contribution >= 4 is 17.9 Å². The fourth-order valence-corrected chi connectivity index (χ4v) is 7.09. The summed E-state index contributed by atoms with van der Waals surface area (Å²) in [5.74, 6) is -5.39. The smallest absolute Gasteiger partial charge is 0.337 e. The minimum atomic E-state index is -1.68. The lowest BCUT2D eigenvalue weighted by atomic mass is 9.81. The molecular weight excluding hydrogens is 560 g/mol. The highest BCUT2D eigenvalue weighted by molar-refractivity contribution is 5.89. The standard InChI is InChI=1S/C28H42O14/c1-11-5-6-13(19(11)26(36)38-4)15(8-29)25(35)40-17-7-14-16(24(34)37-3)10-39-27(20(14)12(17)2)42-28-23(33)22(32)21(31)18(9-30)41-28/h10-15,17-23,27-33H,5-9H2,1-4H3/t11-,12-,13+,14+,15?,17-,18+,19+,20+,21+,22-,23+,27-,28-/m0/s1. The summed E-state index contributed by atoms with van der Waals surface area (Å²) in [6.07, 6.45) is -6.90. The maximum atomic E-state index is 13.4. The van der Waals surface area contributed by atoms with Crippen LogP contribution in [0.25, 0.3) is 0 Å². The van der Waals surface area contributed by atoms with Crippen LogP contribution in [-0.4, -0.2) is 114 Å². The number of aliphatic hydroxyl groups is 5. The van der Waals surface area contributed by atoms with Crippen molar-refractivity contribution < 1.29 is 68.3 Å². The normalized spacial score (nSPS) is 42.1. The molecule has 14 atom stereocenters. The van der Waals surface area contributed by atoms with Crippen LogP contribution < -0.4 is 0 Å². The number of carbonyl (C=O) groups is 3. The number of hydrogen-bond acceptors (Lipinski definition) is 14. The molecule has 1 unspecified atom stereocenters. The average Bonchev–Trinajstić information content (AvgIpc) is 3.52. The van der Waals surface area contributed by atoms with Gasteiger partial charge in [-0.05, 0) is 31.1 Å². The summed E-state index contributed by atoms with van der Waals surface area (Å²) >= 11 is 0. The second kappa shape index (κ2) is 13.5. The van der Waals surface area contributed by atoms with Crippen LogP contribution in [-0.2, 0) is 42.8 Å². The molecule has 5 N–H and O–H groups in total. The molecule has 0 spiro atoms. The Kier molecular flexibility index (Phi) is 10.5. The second-order valence-electron chi connectivity index (χ2n) is 11.7. The van der Waals surface area contributed by atoms with Gasteiger partial charge in [-0.3, -0.25) is 9.59 Å². The minimum Gasteiger partial charge on any atom is -0.472 e. The highest BCUT2D eigenvalue weighted by Crippen LogP contribution is 2.49. The molecule has 0 radical (unpaired) electrons. The van der Waals surface area contributed by atoms with Crippen LogP contribution in [0.3, 0.4) is 0 Å². The molecule has 0 amide bonds. The van der Waals surface area contributed by atoms with Crippen LogP contribution in [0.5, 0.6) is 0 Å². The number of esters is 3. The van der Waals surface area contributed by atoms with E-state index >= 15 is 0 Å². The Labute approximate surface area is 243 Å². The van der Waals surface area contributed by atoms with E-state index in [1.165, 1.54) is 20.5 Å². The molecule has 4 rings (SSSR count). The Morgan fingerprint density at radius 3 is 2.33 bits per heavy atom. The van der Waals surface area contributed by atoms with E-state index in [4.69, 9.17) is 28.4 Å². The third-order valence-corrected chi connectivity index (χ3v) is 9.51. The van der Waals surface area contributed by atoms with Crippen molar-refractivity contribution in [2.75, 3.05) is 27.4 Å². The lowest BCUT2D eigenvalue weighted by Crippen LogP contribution is -2.60. The van der Waals surface area contributed by atoms with Crippen LogP contribution in [0, 0.1) is 41.4 Å². The van der Waals surface area contributed by atoms with Crippen molar-refractivity contribution in [3.05, 3.63) is 11.8 Å². The predicted octanol–water partition coefficient (Wildman–Crippen LogP) is -1.16. The second-order valence-corrected chi connectivity index (χ2v) is 11.7. The van der Waals surface area contributed by atoms with Gasteiger partial charge in [0.2, 0.25) is 6.29 Å². The lowest BCUT2D eigenvalue weighted by Gasteiger charge is -2.43. The monoisotopic (exact) mass is 602 g/mol. The van der Waals surface area contributed by atoms with Gasteiger partial charge in [0.1, 0.15) is 30.5 Å². The summed E-state index contributed by atoms with van der Waals surface area (Å²) in [6, 6.07) is 0. The van der Waals surface area contributed by atoms with Gasteiger partial charge in [0.15, 0.2) is 6.29 Å². The van der Waals surface area contributed by atoms with E-state index in [0.717, 1.165) is 0 Å². The van der Waals surface area contributed by atoms with Crippen molar-refractivity contribution in [3.8, 4) is 0 Å². The van der Waals surface area contributed by atoms with Crippen molar-refractivity contribution in [3.63, 3.8) is 0 Å². The van der Waals surface area contributed by atoms with Gasteiger partial charge in [0.05, 0.1) is 51.1 Å². The first-order valence-electron chi connectivity index (χ1n) is 14.3. The maximum Gasteiger partial charge on any atom is 0.337 e. The quantitative estimate of drug-likeness (QED) is 0.156. The number of rotatable bonds is 9.